The Bertz CT molecular complexity index is 394. The van der Waals surface area contributed by atoms with E-state index in [2.05, 4.69) is 9.97 Å². The highest BCUT2D eigenvalue weighted by molar-refractivity contribution is 5.25. The van der Waals surface area contributed by atoms with E-state index in [9.17, 15) is 5.11 Å². The first-order chi connectivity index (χ1) is 8.76. The van der Waals surface area contributed by atoms with Crippen LogP contribution in [0.4, 0.5) is 0 Å². The van der Waals surface area contributed by atoms with Crippen LogP contribution in [0.1, 0.15) is 24.6 Å². The molecule has 0 radical (unpaired) electrons. The van der Waals surface area contributed by atoms with E-state index in [1.165, 1.54) is 20.4 Å². The Morgan fingerprint density at radius 2 is 2.06 bits per heavy atom. The second-order valence-electron chi connectivity index (χ2n) is 4.20. The van der Waals surface area contributed by atoms with Crippen LogP contribution in [0.5, 0.6) is 11.8 Å². The summed E-state index contributed by atoms with van der Waals surface area (Å²) < 4.78 is 15.4. The zero-order valence-electron chi connectivity index (χ0n) is 10.6. The summed E-state index contributed by atoms with van der Waals surface area (Å²) in [5.41, 5.74) is 0.463. The third kappa shape index (κ3) is 2.70. The normalized spacial score (nSPS) is 18.4. The second kappa shape index (κ2) is 5.97. The quantitative estimate of drug-likeness (QED) is 0.862. The van der Waals surface area contributed by atoms with Gasteiger partial charge in [-0.1, -0.05) is 0 Å². The van der Waals surface area contributed by atoms with Crippen LogP contribution >= 0.6 is 0 Å². The summed E-state index contributed by atoms with van der Waals surface area (Å²) in [4.78, 5) is 8.32. The van der Waals surface area contributed by atoms with E-state index in [0.29, 0.717) is 30.7 Å². The highest BCUT2D eigenvalue weighted by atomic mass is 16.5. The van der Waals surface area contributed by atoms with Gasteiger partial charge in [-0.15, -0.1) is 0 Å². The van der Waals surface area contributed by atoms with Crippen molar-refractivity contribution in [2.75, 3.05) is 27.4 Å². The molecule has 1 aromatic heterocycles. The van der Waals surface area contributed by atoms with Crippen LogP contribution in [0, 0.1) is 5.92 Å². The Balaban J connectivity index is 2.20. The van der Waals surface area contributed by atoms with E-state index in [1.807, 2.05) is 0 Å². The fraction of sp³-hybridized carbons (Fsp3) is 0.667. The van der Waals surface area contributed by atoms with Gasteiger partial charge in [-0.05, 0) is 18.8 Å². The minimum Gasteiger partial charge on any atom is -0.480 e. The molecule has 0 aromatic carbocycles. The molecule has 1 saturated heterocycles. The van der Waals surface area contributed by atoms with Crippen LogP contribution in [0.25, 0.3) is 0 Å². The van der Waals surface area contributed by atoms with Crippen molar-refractivity contribution in [3.63, 3.8) is 0 Å². The van der Waals surface area contributed by atoms with Crippen molar-refractivity contribution in [3.05, 3.63) is 11.9 Å². The average molecular weight is 254 g/mol. The maximum atomic E-state index is 10.3. The average Bonchev–Trinajstić information content (AvgIpc) is 2.46. The zero-order valence-corrected chi connectivity index (χ0v) is 10.6. The first kappa shape index (κ1) is 13.0. The topological polar surface area (TPSA) is 73.7 Å². The summed E-state index contributed by atoms with van der Waals surface area (Å²) in [6, 6.07) is 0. The molecule has 100 valence electrons. The smallest absolute Gasteiger partial charge is 0.241 e. The molecule has 1 aliphatic rings. The van der Waals surface area contributed by atoms with Crippen molar-refractivity contribution < 1.29 is 19.3 Å². The highest BCUT2D eigenvalue weighted by Crippen LogP contribution is 2.33. The lowest BCUT2D eigenvalue weighted by Gasteiger charge is -2.26. The molecule has 1 aliphatic heterocycles. The Morgan fingerprint density at radius 3 is 2.67 bits per heavy atom. The molecule has 0 bridgehead atoms. The van der Waals surface area contributed by atoms with Crippen LogP contribution in [0.15, 0.2) is 6.20 Å². The number of hydrogen-bond donors (Lipinski definition) is 1. The summed E-state index contributed by atoms with van der Waals surface area (Å²) in [5.74, 6) is 0.818. The predicted octanol–water partition coefficient (Wildman–Crippen LogP) is 0.954. The number of aromatic nitrogens is 2. The minimum atomic E-state index is -0.678. The monoisotopic (exact) mass is 254 g/mol. The Morgan fingerprint density at radius 1 is 1.33 bits per heavy atom. The van der Waals surface area contributed by atoms with E-state index in [1.54, 1.807) is 0 Å². The van der Waals surface area contributed by atoms with Gasteiger partial charge in [0, 0.05) is 13.2 Å². The summed E-state index contributed by atoms with van der Waals surface area (Å²) in [7, 11) is 3.02. The fourth-order valence-electron chi connectivity index (χ4n) is 2.07. The van der Waals surface area contributed by atoms with Gasteiger partial charge in [0.15, 0.2) is 0 Å². The molecule has 0 amide bonds. The lowest BCUT2D eigenvalue weighted by molar-refractivity contribution is 0.00436. The minimum absolute atomic E-state index is 0.135. The maximum absolute atomic E-state index is 10.3. The molecule has 6 nitrogen and oxygen atoms in total. The highest BCUT2D eigenvalue weighted by Gasteiger charge is 2.27. The van der Waals surface area contributed by atoms with Gasteiger partial charge in [-0.25, -0.2) is 4.98 Å². The molecule has 2 rings (SSSR count). The van der Waals surface area contributed by atoms with Crippen molar-refractivity contribution in [1.82, 2.24) is 9.97 Å². The summed E-state index contributed by atoms with van der Waals surface area (Å²) in [5, 5.41) is 10.3. The Hall–Kier alpha value is -1.40. The molecule has 1 atom stereocenters. The molecule has 1 aromatic rings. The summed E-state index contributed by atoms with van der Waals surface area (Å²) in [6.07, 6.45) is 2.44. The van der Waals surface area contributed by atoms with Gasteiger partial charge in [0.2, 0.25) is 11.8 Å². The van der Waals surface area contributed by atoms with E-state index in [-0.39, 0.29) is 5.92 Å². The summed E-state index contributed by atoms with van der Waals surface area (Å²) >= 11 is 0. The number of rotatable bonds is 4. The van der Waals surface area contributed by atoms with Crippen LogP contribution in [0.3, 0.4) is 0 Å². The molecule has 0 aliphatic carbocycles. The zero-order chi connectivity index (χ0) is 13.0. The summed E-state index contributed by atoms with van der Waals surface area (Å²) in [6.45, 7) is 1.35. The maximum Gasteiger partial charge on any atom is 0.241 e. The Kier molecular flexibility index (Phi) is 4.33. The standard InChI is InChI=1S/C12H18N2O4/c1-16-9-7-13-10(12(14-9)17-2)11(15)8-3-5-18-6-4-8/h7-8,11,15H,3-6H2,1-2H3. The first-order valence-electron chi connectivity index (χ1n) is 5.97. The van der Waals surface area contributed by atoms with E-state index in [4.69, 9.17) is 14.2 Å². The van der Waals surface area contributed by atoms with Gasteiger partial charge in [-0.3, -0.25) is 0 Å². The largest absolute Gasteiger partial charge is 0.480 e. The van der Waals surface area contributed by atoms with Crippen molar-refractivity contribution >= 4 is 0 Å². The molecule has 1 N–H and O–H groups in total. The van der Waals surface area contributed by atoms with E-state index >= 15 is 0 Å². The van der Waals surface area contributed by atoms with Crippen molar-refractivity contribution in [2.45, 2.75) is 18.9 Å². The van der Waals surface area contributed by atoms with Crippen molar-refractivity contribution in [3.8, 4) is 11.8 Å². The van der Waals surface area contributed by atoms with Crippen molar-refractivity contribution in [1.29, 1.82) is 0 Å². The molecule has 2 heterocycles. The van der Waals surface area contributed by atoms with Gasteiger partial charge in [0.1, 0.15) is 11.8 Å². The van der Waals surface area contributed by atoms with Gasteiger partial charge in [0.25, 0.3) is 0 Å². The molecule has 1 fully saturated rings. The third-order valence-electron chi connectivity index (χ3n) is 3.14. The predicted molar refractivity (Wildman–Crippen MR) is 63.6 cm³/mol. The molecule has 0 spiro atoms. The first-order valence-corrected chi connectivity index (χ1v) is 5.97. The van der Waals surface area contributed by atoms with Crippen LogP contribution < -0.4 is 9.47 Å². The molecule has 6 heteroatoms. The van der Waals surface area contributed by atoms with Crippen LogP contribution in [-0.2, 0) is 4.74 Å². The fourth-order valence-corrected chi connectivity index (χ4v) is 2.07. The Labute approximate surface area is 106 Å². The SMILES string of the molecule is COc1cnc(C(O)C2CCOCC2)c(OC)n1. The number of hydrogen-bond acceptors (Lipinski definition) is 6. The van der Waals surface area contributed by atoms with Gasteiger partial charge in [0.05, 0.1) is 20.4 Å². The van der Waals surface area contributed by atoms with Crippen LogP contribution in [-0.4, -0.2) is 42.5 Å². The number of nitrogens with zero attached hydrogens (tertiary/aromatic N) is 2. The lowest BCUT2D eigenvalue weighted by atomic mass is 9.92. The third-order valence-corrected chi connectivity index (χ3v) is 3.14. The van der Waals surface area contributed by atoms with Gasteiger partial charge < -0.3 is 19.3 Å². The molecular weight excluding hydrogens is 236 g/mol. The lowest BCUT2D eigenvalue weighted by Crippen LogP contribution is -2.23. The van der Waals surface area contributed by atoms with Gasteiger partial charge in [-0.2, -0.15) is 4.98 Å². The van der Waals surface area contributed by atoms with Crippen LogP contribution in [0.2, 0.25) is 0 Å². The second-order valence-corrected chi connectivity index (χ2v) is 4.20. The molecule has 18 heavy (non-hydrogen) atoms. The molecular formula is C12H18N2O4. The number of aliphatic hydroxyl groups excluding tert-OH is 1. The number of ether oxygens (including phenoxy) is 3. The molecule has 0 saturated carbocycles. The number of aliphatic hydroxyl groups is 1. The van der Waals surface area contributed by atoms with E-state index in [0.717, 1.165) is 12.8 Å². The van der Waals surface area contributed by atoms with Gasteiger partial charge >= 0.3 is 0 Å². The number of methoxy groups -OCH3 is 2. The van der Waals surface area contributed by atoms with E-state index < -0.39 is 6.10 Å². The van der Waals surface area contributed by atoms with Crippen molar-refractivity contribution in [2.24, 2.45) is 5.92 Å². The molecule has 1 unspecified atom stereocenters.